The molecule has 0 spiro atoms. The Hall–Kier alpha value is -3.04. The molecule has 0 saturated heterocycles. The van der Waals surface area contributed by atoms with E-state index in [0.29, 0.717) is 29.9 Å². The first-order chi connectivity index (χ1) is 13.4. The molecule has 1 aliphatic rings. The highest BCUT2D eigenvalue weighted by atomic mass is 19.4. The van der Waals surface area contributed by atoms with Crippen LogP contribution >= 0.6 is 0 Å². The Bertz CT molecular complexity index is 949. The second-order valence-corrected chi connectivity index (χ2v) is 6.41. The Balaban J connectivity index is 1.92. The molecule has 0 aromatic heterocycles. The summed E-state index contributed by atoms with van der Waals surface area (Å²) in [7, 11) is 0. The van der Waals surface area contributed by atoms with Crippen molar-refractivity contribution in [3.63, 3.8) is 0 Å². The summed E-state index contributed by atoms with van der Waals surface area (Å²) in [4.78, 5) is 25.8. The van der Waals surface area contributed by atoms with E-state index in [4.69, 9.17) is 0 Å². The summed E-state index contributed by atoms with van der Waals surface area (Å²) in [6, 6.07) is 5.14. The lowest BCUT2D eigenvalue weighted by Gasteiger charge is -2.16. The average Bonchev–Trinajstić information content (AvgIpc) is 2.94. The molecular weight excluding hydrogens is 402 g/mol. The zero-order valence-electron chi connectivity index (χ0n) is 14.9. The smallest absolute Gasteiger partial charge is 0.322 e. The fourth-order valence-electron chi connectivity index (χ4n) is 3.10. The van der Waals surface area contributed by atoms with Crippen LogP contribution in [-0.4, -0.2) is 18.4 Å². The van der Waals surface area contributed by atoms with Crippen molar-refractivity contribution in [2.24, 2.45) is 0 Å². The summed E-state index contributed by atoms with van der Waals surface area (Å²) in [6.07, 6.45) is -10.0. The van der Waals surface area contributed by atoms with Gasteiger partial charge in [-0.25, -0.2) is 0 Å². The Labute approximate surface area is 161 Å². The molecule has 0 fully saturated rings. The van der Waals surface area contributed by atoms with Crippen molar-refractivity contribution >= 4 is 23.2 Å². The third-order valence-electron chi connectivity index (χ3n) is 4.44. The van der Waals surface area contributed by atoms with Gasteiger partial charge in [0.05, 0.1) is 17.5 Å². The molecule has 0 saturated carbocycles. The van der Waals surface area contributed by atoms with E-state index in [1.165, 1.54) is 17.0 Å². The third-order valence-corrected chi connectivity index (χ3v) is 4.44. The zero-order chi connectivity index (χ0) is 21.6. The van der Waals surface area contributed by atoms with Crippen molar-refractivity contribution in [2.45, 2.75) is 25.7 Å². The molecule has 2 amide bonds. The molecule has 0 bridgehead atoms. The molecule has 2 aromatic carbocycles. The second-order valence-electron chi connectivity index (χ2n) is 6.41. The summed E-state index contributed by atoms with van der Waals surface area (Å²) < 4.78 is 77.7. The molecule has 1 heterocycles. The number of carbonyl (C=O) groups excluding carboxylic acids is 2. The summed E-state index contributed by atoms with van der Waals surface area (Å²) in [5.74, 6) is -1.27. The SMILES string of the molecule is CCN1C(=O)Cc2cc(NC(=O)c3cc(C(F)(F)F)cc(C(F)(F)F)c3)ccc21. The van der Waals surface area contributed by atoms with Crippen LogP contribution < -0.4 is 10.2 Å². The molecule has 0 atom stereocenters. The predicted molar refractivity (Wildman–Crippen MR) is 92.6 cm³/mol. The monoisotopic (exact) mass is 416 g/mol. The lowest BCUT2D eigenvalue weighted by molar-refractivity contribution is -0.143. The molecule has 0 aliphatic carbocycles. The van der Waals surface area contributed by atoms with Gasteiger partial charge in [0.1, 0.15) is 0 Å². The van der Waals surface area contributed by atoms with Crippen molar-refractivity contribution in [2.75, 3.05) is 16.8 Å². The number of benzene rings is 2. The maximum Gasteiger partial charge on any atom is 0.416 e. The van der Waals surface area contributed by atoms with Crippen molar-refractivity contribution in [3.05, 3.63) is 58.7 Å². The number of nitrogens with zero attached hydrogens (tertiary/aromatic N) is 1. The standard InChI is InChI=1S/C19H14F6N2O2/c1-2-27-15-4-3-14(7-10(15)8-16(27)28)26-17(29)11-5-12(18(20,21)22)9-13(6-11)19(23,24)25/h3-7,9H,2,8H2,1H3,(H,26,29). The molecule has 1 aliphatic heterocycles. The molecule has 10 heteroatoms. The first kappa shape index (κ1) is 20.7. The van der Waals surface area contributed by atoms with Gasteiger partial charge in [-0.1, -0.05) is 0 Å². The molecule has 3 rings (SSSR count). The molecule has 2 aromatic rings. The quantitative estimate of drug-likeness (QED) is 0.725. The predicted octanol–water partition coefficient (Wildman–Crippen LogP) is 4.89. The van der Waals surface area contributed by atoms with Crippen molar-refractivity contribution in [1.82, 2.24) is 0 Å². The summed E-state index contributed by atoms with van der Waals surface area (Å²) in [6.45, 7) is 2.23. The number of likely N-dealkylation sites (N-methyl/N-ethyl adjacent to an activating group) is 1. The fraction of sp³-hybridized carbons (Fsp3) is 0.263. The molecule has 154 valence electrons. The Morgan fingerprint density at radius 2 is 1.59 bits per heavy atom. The Kier molecular flexibility index (Phi) is 5.06. The van der Waals surface area contributed by atoms with Crippen molar-refractivity contribution in [1.29, 1.82) is 0 Å². The molecule has 0 unspecified atom stereocenters. The van der Waals surface area contributed by atoms with Crippen LogP contribution in [0.1, 0.15) is 34.0 Å². The van der Waals surface area contributed by atoms with Crippen molar-refractivity contribution < 1.29 is 35.9 Å². The van der Waals surface area contributed by atoms with Crippen LogP contribution in [0.15, 0.2) is 36.4 Å². The van der Waals surface area contributed by atoms with E-state index < -0.39 is 35.0 Å². The van der Waals surface area contributed by atoms with Gasteiger partial charge in [-0.05, 0) is 48.9 Å². The highest BCUT2D eigenvalue weighted by Gasteiger charge is 2.37. The minimum atomic E-state index is -5.05. The van der Waals surface area contributed by atoms with Crippen LogP contribution in [0.3, 0.4) is 0 Å². The fourth-order valence-corrected chi connectivity index (χ4v) is 3.10. The first-order valence-electron chi connectivity index (χ1n) is 8.44. The van der Waals surface area contributed by atoms with Crippen LogP contribution in [0.25, 0.3) is 0 Å². The van der Waals surface area contributed by atoms with Crippen LogP contribution in [-0.2, 0) is 23.6 Å². The van der Waals surface area contributed by atoms with E-state index in [9.17, 15) is 35.9 Å². The average molecular weight is 416 g/mol. The van der Waals surface area contributed by atoms with Gasteiger partial charge in [0.15, 0.2) is 0 Å². The van der Waals surface area contributed by atoms with Gasteiger partial charge < -0.3 is 10.2 Å². The number of carbonyl (C=O) groups is 2. The van der Waals surface area contributed by atoms with Crippen LogP contribution in [0.2, 0.25) is 0 Å². The lowest BCUT2D eigenvalue weighted by Crippen LogP contribution is -2.25. The van der Waals surface area contributed by atoms with Crippen molar-refractivity contribution in [3.8, 4) is 0 Å². The highest BCUT2D eigenvalue weighted by molar-refractivity contribution is 6.06. The van der Waals surface area contributed by atoms with Gasteiger partial charge >= 0.3 is 12.4 Å². The van der Waals surface area contributed by atoms with Crippen LogP contribution in [0.5, 0.6) is 0 Å². The summed E-state index contributed by atoms with van der Waals surface area (Å²) in [5, 5.41) is 2.29. The molecule has 0 radical (unpaired) electrons. The number of amides is 2. The molecule has 29 heavy (non-hydrogen) atoms. The first-order valence-corrected chi connectivity index (χ1v) is 8.44. The number of anilines is 2. The number of hydrogen-bond donors (Lipinski definition) is 1. The van der Waals surface area contributed by atoms with E-state index in [-0.39, 0.29) is 24.1 Å². The lowest BCUT2D eigenvalue weighted by atomic mass is 10.0. The van der Waals surface area contributed by atoms with Gasteiger partial charge in [-0.2, -0.15) is 26.3 Å². The van der Waals surface area contributed by atoms with Crippen LogP contribution in [0.4, 0.5) is 37.7 Å². The minimum absolute atomic E-state index is 0.0445. The van der Waals surface area contributed by atoms with E-state index in [1.54, 1.807) is 13.0 Å². The minimum Gasteiger partial charge on any atom is -0.322 e. The number of halogens is 6. The van der Waals surface area contributed by atoms with E-state index in [1.807, 2.05) is 0 Å². The van der Waals surface area contributed by atoms with Gasteiger partial charge in [-0.3, -0.25) is 9.59 Å². The zero-order valence-corrected chi connectivity index (χ0v) is 14.9. The second kappa shape index (κ2) is 7.09. The summed E-state index contributed by atoms with van der Waals surface area (Å²) >= 11 is 0. The largest absolute Gasteiger partial charge is 0.416 e. The number of nitrogens with one attached hydrogen (secondary N) is 1. The van der Waals surface area contributed by atoms with E-state index in [0.717, 1.165) is 0 Å². The maximum atomic E-state index is 12.9. The summed E-state index contributed by atoms with van der Waals surface area (Å²) in [5.41, 5.74) is -2.51. The molecular formula is C19H14F6N2O2. The topological polar surface area (TPSA) is 49.4 Å². The Morgan fingerprint density at radius 3 is 2.10 bits per heavy atom. The number of fused-ring (bicyclic) bond motifs is 1. The Morgan fingerprint density at radius 1 is 1.00 bits per heavy atom. The number of rotatable bonds is 3. The van der Waals surface area contributed by atoms with Crippen LogP contribution in [0, 0.1) is 0 Å². The maximum absolute atomic E-state index is 12.9. The molecule has 1 N–H and O–H groups in total. The third kappa shape index (κ3) is 4.20. The van der Waals surface area contributed by atoms with Gasteiger partial charge in [0.25, 0.3) is 5.91 Å². The van der Waals surface area contributed by atoms with E-state index in [2.05, 4.69) is 5.32 Å². The van der Waals surface area contributed by atoms with Gasteiger partial charge in [-0.15, -0.1) is 0 Å². The highest BCUT2D eigenvalue weighted by Crippen LogP contribution is 2.37. The normalized spacial score (nSPS) is 14.2. The number of alkyl halides is 6. The molecule has 4 nitrogen and oxygen atoms in total. The van der Waals surface area contributed by atoms with Gasteiger partial charge in [0, 0.05) is 23.5 Å². The van der Waals surface area contributed by atoms with E-state index >= 15 is 0 Å². The van der Waals surface area contributed by atoms with Gasteiger partial charge in [0.2, 0.25) is 5.91 Å². The number of hydrogen-bond acceptors (Lipinski definition) is 2.